The average Bonchev–Trinajstić information content (AvgIpc) is 3.39. The van der Waals surface area contributed by atoms with Crippen molar-refractivity contribution >= 4 is 10.0 Å². The molecule has 32 heavy (non-hydrogen) atoms. The maximum Gasteiger partial charge on any atom is 0.416 e. The van der Waals surface area contributed by atoms with Gasteiger partial charge in [0.15, 0.2) is 0 Å². The van der Waals surface area contributed by atoms with Crippen LogP contribution in [0.4, 0.5) is 17.6 Å². The number of alkyl halides is 3. The molecule has 1 saturated heterocycles. The molecule has 2 aliphatic rings. The topological polar surface area (TPSA) is 84.5 Å². The van der Waals surface area contributed by atoms with Gasteiger partial charge < -0.3 is 5.11 Å². The molecule has 0 aliphatic carbocycles. The lowest BCUT2D eigenvalue weighted by Crippen LogP contribution is -2.38. The number of hydrogen-bond donors (Lipinski definition) is 1. The second kappa shape index (κ2) is 6.69. The number of sulfonamides is 1. The van der Waals surface area contributed by atoms with Crippen molar-refractivity contribution in [1.82, 2.24) is 13.4 Å². The molecule has 2 bridgehead atoms. The van der Waals surface area contributed by atoms with Crippen LogP contribution < -0.4 is 5.69 Å². The molecule has 3 heterocycles. The third-order valence-electron chi connectivity index (χ3n) is 5.87. The minimum absolute atomic E-state index is 0.0245. The minimum atomic E-state index is -4.65. The molecule has 2 atom stereocenters. The standard InChI is InChI=1S/C20H15F4N3O4S/c21-14-6-1-2-7-16(14)32(30,31)25-10-13-9-15(25)17-18(28)27(19(29)26(13)17)12-5-3-4-11(8-12)20(22,23)24/h1-8,13,15,28H,9-10H2. The fraction of sp³-hybridized carbons (Fsp3) is 0.250. The second-order valence-corrected chi connectivity index (χ2v) is 9.51. The molecule has 0 spiro atoms. The summed E-state index contributed by atoms with van der Waals surface area (Å²) in [4.78, 5) is 12.4. The number of hydrogen-bond acceptors (Lipinski definition) is 4. The van der Waals surface area contributed by atoms with Gasteiger partial charge in [-0.05, 0) is 36.8 Å². The molecule has 2 aromatic carbocycles. The van der Waals surface area contributed by atoms with Gasteiger partial charge in [0.1, 0.15) is 16.4 Å². The number of halogens is 4. The number of aromatic nitrogens is 2. The predicted molar refractivity (Wildman–Crippen MR) is 103 cm³/mol. The Morgan fingerprint density at radius 2 is 1.78 bits per heavy atom. The van der Waals surface area contributed by atoms with E-state index in [9.17, 15) is 35.9 Å². The summed E-state index contributed by atoms with van der Waals surface area (Å²) in [6, 6.07) is 7.18. The Bertz CT molecular complexity index is 1410. The first-order valence-electron chi connectivity index (χ1n) is 9.52. The second-order valence-electron chi connectivity index (χ2n) is 7.66. The van der Waals surface area contributed by atoms with Crippen molar-refractivity contribution in [1.29, 1.82) is 0 Å². The molecule has 168 valence electrons. The first-order chi connectivity index (χ1) is 15.0. The highest BCUT2D eigenvalue weighted by atomic mass is 32.2. The lowest BCUT2D eigenvalue weighted by atomic mass is 10.2. The van der Waals surface area contributed by atoms with Crippen LogP contribution in [0, 0.1) is 5.82 Å². The molecule has 2 unspecified atom stereocenters. The molecule has 0 amide bonds. The Morgan fingerprint density at radius 3 is 2.47 bits per heavy atom. The van der Waals surface area contributed by atoms with E-state index in [1.54, 1.807) is 0 Å². The molecule has 5 rings (SSSR count). The zero-order chi connectivity index (χ0) is 23.0. The van der Waals surface area contributed by atoms with Crippen LogP contribution in [0.1, 0.15) is 29.8 Å². The van der Waals surface area contributed by atoms with Crippen LogP contribution in [0.3, 0.4) is 0 Å². The molecule has 1 fully saturated rings. The van der Waals surface area contributed by atoms with Gasteiger partial charge in [-0.1, -0.05) is 18.2 Å². The van der Waals surface area contributed by atoms with Gasteiger partial charge in [-0.3, -0.25) is 4.57 Å². The molecule has 12 heteroatoms. The summed E-state index contributed by atoms with van der Waals surface area (Å²) in [5.41, 5.74) is -2.00. The fourth-order valence-corrected chi connectivity index (χ4v) is 6.21. The zero-order valence-corrected chi connectivity index (χ0v) is 16.9. The van der Waals surface area contributed by atoms with Gasteiger partial charge in [-0.15, -0.1) is 0 Å². The van der Waals surface area contributed by atoms with Crippen molar-refractivity contribution in [3.8, 4) is 11.6 Å². The predicted octanol–water partition coefficient (Wildman–Crippen LogP) is 3.19. The summed E-state index contributed by atoms with van der Waals surface area (Å²) < 4.78 is 82.5. The molecule has 0 radical (unpaired) electrons. The van der Waals surface area contributed by atoms with E-state index >= 15 is 0 Å². The van der Waals surface area contributed by atoms with Crippen molar-refractivity contribution in [2.45, 2.75) is 29.6 Å². The third-order valence-corrected chi connectivity index (χ3v) is 7.78. The van der Waals surface area contributed by atoms with Gasteiger partial charge >= 0.3 is 11.9 Å². The minimum Gasteiger partial charge on any atom is -0.493 e. The first kappa shape index (κ1) is 20.8. The van der Waals surface area contributed by atoms with E-state index < -0.39 is 56.1 Å². The van der Waals surface area contributed by atoms with Gasteiger partial charge in [0.2, 0.25) is 15.9 Å². The Hall–Kier alpha value is -3.12. The fourth-order valence-electron chi connectivity index (χ4n) is 4.51. The van der Waals surface area contributed by atoms with Gasteiger partial charge in [0.05, 0.1) is 23.3 Å². The lowest BCUT2D eigenvalue weighted by Gasteiger charge is -2.27. The monoisotopic (exact) mass is 469 g/mol. The van der Waals surface area contributed by atoms with Crippen LogP contribution in [-0.4, -0.2) is 33.5 Å². The summed E-state index contributed by atoms with van der Waals surface area (Å²) >= 11 is 0. The van der Waals surface area contributed by atoms with Gasteiger partial charge in [0, 0.05) is 6.54 Å². The van der Waals surface area contributed by atoms with Crippen LogP contribution in [0.5, 0.6) is 5.88 Å². The number of imidazole rings is 1. The zero-order valence-electron chi connectivity index (χ0n) is 16.1. The van der Waals surface area contributed by atoms with Crippen molar-refractivity contribution in [2.24, 2.45) is 0 Å². The molecule has 0 saturated carbocycles. The Labute approximate surface area is 178 Å². The highest BCUT2D eigenvalue weighted by Gasteiger charge is 2.52. The van der Waals surface area contributed by atoms with Gasteiger partial charge in [-0.25, -0.2) is 22.2 Å². The number of rotatable bonds is 3. The van der Waals surface area contributed by atoms with Crippen LogP contribution >= 0.6 is 0 Å². The maximum atomic E-state index is 14.2. The highest BCUT2D eigenvalue weighted by Crippen LogP contribution is 2.50. The summed E-state index contributed by atoms with van der Waals surface area (Å²) in [5.74, 6) is -1.58. The highest BCUT2D eigenvalue weighted by molar-refractivity contribution is 7.89. The van der Waals surface area contributed by atoms with Gasteiger partial charge in [0.25, 0.3) is 0 Å². The van der Waals surface area contributed by atoms with Crippen molar-refractivity contribution in [3.05, 3.63) is 76.1 Å². The molecule has 1 aromatic heterocycles. The number of aromatic hydroxyl groups is 1. The summed E-state index contributed by atoms with van der Waals surface area (Å²) in [7, 11) is -4.28. The molecule has 1 N–H and O–H groups in total. The van der Waals surface area contributed by atoms with E-state index in [-0.39, 0.29) is 24.3 Å². The number of nitrogens with zero attached hydrogens (tertiary/aromatic N) is 3. The van der Waals surface area contributed by atoms with Crippen molar-refractivity contribution in [3.63, 3.8) is 0 Å². The molecule has 3 aromatic rings. The lowest BCUT2D eigenvalue weighted by molar-refractivity contribution is -0.137. The molecule has 2 aliphatic heterocycles. The van der Waals surface area contributed by atoms with E-state index in [0.29, 0.717) is 0 Å². The summed E-state index contributed by atoms with van der Waals surface area (Å²) in [5, 5.41) is 10.8. The summed E-state index contributed by atoms with van der Waals surface area (Å²) in [6.45, 7) is -0.125. The van der Waals surface area contributed by atoms with E-state index in [1.165, 1.54) is 22.8 Å². The molecular weight excluding hydrogens is 454 g/mol. The van der Waals surface area contributed by atoms with Crippen LogP contribution in [0.25, 0.3) is 5.69 Å². The van der Waals surface area contributed by atoms with E-state index in [0.717, 1.165) is 39.2 Å². The number of benzene rings is 2. The third kappa shape index (κ3) is 2.82. The number of fused-ring (bicyclic) bond motifs is 5. The van der Waals surface area contributed by atoms with E-state index in [1.807, 2.05) is 0 Å². The Morgan fingerprint density at radius 1 is 1.06 bits per heavy atom. The Balaban J connectivity index is 1.61. The largest absolute Gasteiger partial charge is 0.493 e. The normalized spacial score (nSPS) is 20.6. The quantitative estimate of drug-likeness (QED) is 0.598. The maximum absolute atomic E-state index is 14.2. The smallest absolute Gasteiger partial charge is 0.416 e. The van der Waals surface area contributed by atoms with Crippen molar-refractivity contribution in [2.75, 3.05) is 6.54 Å². The van der Waals surface area contributed by atoms with Crippen molar-refractivity contribution < 1.29 is 31.1 Å². The Kier molecular flexibility index (Phi) is 4.34. The molecular formula is C20H15F4N3O4S. The van der Waals surface area contributed by atoms with Crippen LogP contribution in [0.15, 0.2) is 58.2 Å². The van der Waals surface area contributed by atoms with E-state index in [2.05, 4.69) is 0 Å². The summed E-state index contributed by atoms with van der Waals surface area (Å²) in [6.07, 6.45) is -4.46. The first-order valence-corrected chi connectivity index (χ1v) is 11.0. The average molecular weight is 469 g/mol. The van der Waals surface area contributed by atoms with Gasteiger partial charge in [-0.2, -0.15) is 17.5 Å². The SMILES string of the molecule is O=c1n(-c2cccc(C(F)(F)F)c2)c(O)c2n1C1CC2N(S(=O)(=O)c2ccccc2F)C1. The van der Waals surface area contributed by atoms with E-state index in [4.69, 9.17) is 0 Å². The molecule has 7 nitrogen and oxygen atoms in total. The van der Waals surface area contributed by atoms with Crippen LogP contribution in [-0.2, 0) is 16.2 Å². The van der Waals surface area contributed by atoms with Crippen LogP contribution in [0.2, 0.25) is 0 Å².